The molecule has 0 aromatic heterocycles. The summed E-state index contributed by atoms with van der Waals surface area (Å²) < 4.78 is 0. The monoisotopic (exact) mass is 316 g/mol. The molecule has 2 aliphatic carbocycles. The first-order valence-electron chi connectivity index (χ1n) is 7.75. The number of carboxylic acid groups (broad SMARTS) is 1. The first-order chi connectivity index (χ1) is 10.8. The lowest BCUT2D eigenvalue weighted by molar-refractivity contribution is -0.140. The minimum absolute atomic E-state index is 0.154. The third-order valence-corrected chi connectivity index (χ3v) is 4.68. The Morgan fingerprint density at radius 1 is 1.17 bits per heavy atom. The van der Waals surface area contributed by atoms with Crippen LogP contribution >= 0.6 is 0 Å². The minimum atomic E-state index is -0.951. The molecule has 0 unspecified atom stereocenters. The van der Waals surface area contributed by atoms with E-state index >= 15 is 0 Å². The molecule has 6 nitrogen and oxygen atoms in total. The number of rotatable bonds is 5. The number of nitrogens with one attached hydrogen (secondary N) is 2. The molecule has 0 radical (unpaired) electrons. The summed E-state index contributed by atoms with van der Waals surface area (Å²) in [5.74, 6) is -2.64. The predicted octanol–water partition coefficient (Wildman–Crippen LogP) is 1.87. The number of benzene rings is 1. The van der Waals surface area contributed by atoms with Crippen LogP contribution in [0.15, 0.2) is 24.3 Å². The van der Waals surface area contributed by atoms with Gasteiger partial charge in [0.25, 0.3) is 5.91 Å². The number of carbonyl (C=O) groups is 3. The summed E-state index contributed by atoms with van der Waals surface area (Å²) in [6.07, 6.45) is 2.02. The van der Waals surface area contributed by atoms with Crippen LogP contribution in [0.25, 0.3) is 0 Å². The molecule has 0 spiro atoms. The summed E-state index contributed by atoms with van der Waals surface area (Å²) in [7, 11) is 0. The van der Waals surface area contributed by atoms with E-state index in [9.17, 15) is 14.4 Å². The molecule has 23 heavy (non-hydrogen) atoms. The van der Waals surface area contributed by atoms with Crippen LogP contribution in [0, 0.1) is 17.3 Å². The molecule has 0 heterocycles. The van der Waals surface area contributed by atoms with Crippen LogP contribution < -0.4 is 10.6 Å². The second-order valence-electron chi connectivity index (χ2n) is 6.93. The molecule has 1 aromatic carbocycles. The summed E-state index contributed by atoms with van der Waals surface area (Å²) in [6.45, 7) is 3.55. The number of hydrogen-bond acceptors (Lipinski definition) is 3. The highest BCUT2D eigenvalue weighted by Crippen LogP contribution is 2.58. The molecule has 3 rings (SSSR count). The number of hydrogen-bond donors (Lipinski definition) is 3. The van der Waals surface area contributed by atoms with Crippen LogP contribution in [-0.4, -0.2) is 28.9 Å². The van der Waals surface area contributed by atoms with Gasteiger partial charge in [-0.1, -0.05) is 19.9 Å². The summed E-state index contributed by atoms with van der Waals surface area (Å²) in [4.78, 5) is 35.5. The fraction of sp³-hybridized carbons (Fsp3) is 0.471. The van der Waals surface area contributed by atoms with Crippen LogP contribution in [0.1, 0.15) is 37.0 Å². The molecule has 2 saturated carbocycles. The molecular formula is C17H20N2O4. The van der Waals surface area contributed by atoms with E-state index in [4.69, 9.17) is 5.11 Å². The molecule has 0 saturated heterocycles. The normalized spacial score (nSPS) is 24.6. The average Bonchev–Trinajstić information content (AvgIpc) is 3.36. The van der Waals surface area contributed by atoms with Crippen LogP contribution in [0.4, 0.5) is 5.69 Å². The lowest BCUT2D eigenvalue weighted by Crippen LogP contribution is -2.25. The van der Waals surface area contributed by atoms with Crippen molar-refractivity contribution < 1.29 is 19.5 Å². The first kappa shape index (κ1) is 15.5. The van der Waals surface area contributed by atoms with Gasteiger partial charge in [-0.05, 0) is 36.5 Å². The largest absolute Gasteiger partial charge is 0.481 e. The molecular weight excluding hydrogens is 296 g/mol. The maximum atomic E-state index is 12.3. The molecule has 2 fully saturated rings. The van der Waals surface area contributed by atoms with Gasteiger partial charge < -0.3 is 15.7 Å². The van der Waals surface area contributed by atoms with Crippen LogP contribution in [0.5, 0.6) is 0 Å². The maximum Gasteiger partial charge on any atom is 0.307 e. The first-order valence-corrected chi connectivity index (χ1v) is 7.75. The number of amides is 2. The molecule has 0 aliphatic heterocycles. The van der Waals surface area contributed by atoms with E-state index in [2.05, 4.69) is 10.6 Å². The van der Waals surface area contributed by atoms with Gasteiger partial charge in [0.1, 0.15) is 0 Å². The Hall–Kier alpha value is -2.37. The van der Waals surface area contributed by atoms with Crippen molar-refractivity contribution in [3.8, 4) is 0 Å². The van der Waals surface area contributed by atoms with Gasteiger partial charge >= 0.3 is 5.97 Å². The molecule has 2 amide bonds. The van der Waals surface area contributed by atoms with E-state index in [1.165, 1.54) is 0 Å². The van der Waals surface area contributed by atoms with Gasteiger partial charge in [0, 0.05) is 17.3 Å². The predicted molar refractivity (Wildman–Crippen MR) is 84.0 cm³/mol. The fourth-order valence-corrected chi connectivity index (χ4v) is 3.04. The van der Waals surface area contributed by atoms with E-state index in [0.717, 1.165) is 12.8 Å². The zero-order valence-electron chi connectivity index (χ0n) is 13.1. The molecule has 6 heteroatoms. The summed E-state index contributed by atoms with van der Waals surface area (Å²) in [5.41, 5.74) is 0.446. The van der Waals surface area contributed by atoms with Gasteiger partial charge in [-0.15, -0.1) is 0 Å². The van der Waals surface area contributed by atoms with Gasteiger partial charge in [-0.25, -0.2) is 0 Å². The van der Waals surface area contributed by atoms with Crippen molar-refractivity contribution in [1.82, 2.24) is 5.32 Å². The van der Waals surface area contributed by atoms with Gasteiger partial charge in [0.15, 0.2) is 0 Å². The SMILES string of the molecule is CC1(C)[C@H](C(=O)O)[C@H]1C(=O)Nc1cccc(C(=O)NC2CC2)c1. The van der Waals surface area contributed by atoms with Crippen LogP contribution in [0.3, 0.4) is 0 Å². The molecule has 0 bridgehead atoms. The number of carbonyl (C=O) groups excluding carboxylic acids is 2. The van der Waals surface area contributed by atoms with Crippen LogP contribution in [-0.2, 0) is 9.59 Å². The highest BCUT2D eigenvalue weighted by atomic mass is 16.4. The fourth-order valence-electron chi connectivity index (χ4n) is 3.04. The van der Waals surface area contributed by atoms with Crippen molar-refractivity contribution in [3.05, 3.63) is 29.8 Å². The number of aliphatic carboxylic acids is 1. The van der Waals surface area contributed by atoms with Gasteiger partial charge in [0.2, 0.25) is 5.91 Å². The minimum Gasteiger partial charge on any atom is -0.481 e. The zero-order chi connectivity index (χ0) is 16.8. The average molecular weight is 316 g/mol. The Labute approximate surface area is 134 Å². The lowest BCUT2D eigenvalue weighted by Gasteiger charge is -2.08. The van der Waals surface area contributed by atoms with Crippen molar-refractivity contribution in [1.29, 1.82) is 0 Å². The van der Waals surface area contributed by atoms with Crippen molar-refractivity contribution in [2.24, 2.45) is 17.3 Å². The maximum absolute atomic E-state index is 12.3. The summed E-state index contributed by atoms with van der Waals surface area (Å²) in [5, 5.41) is 14.8. The van der Waals surface area contributed by atoms with Gasteiger partial charge in [-0.3, -0.25) is 14.4 Å². The summed E-state index contributed by atoms with van der Waals surface area (Å²) in [6, 6.07) is 6.96. The molecule has 2 aliphatic rings. The second kappa shape index (κ2) is 5.37. The Bertz CT molecular complexity index is 679. The smallest absolute Gasteiger partial charge is 0.307 e. The van der Waals surface area contributed by atoms with Gasteiger partial charge in [-0.2, -0.15) is 0 Å². The van der Waals surface area contributed by atoms with Crippen LogP contribution in [0.2, 0.25) is 0 Å². The van der Waals surface area contributed by atoms with E-state index in [-0.39, 0.29) is 17.9 Å². The zero-order valence-corrected chi connectivity index (χ0v) is 13.1. The van der Waals surface area contributed by atoms with E-state index in [1.54, 1.807) is 38.1 Å². The van der Waals surface area contributed by atoms with E-state index in [0.29, 0.717) is 11.3 Å². The Balaban J connectivity index is 1.67. The Morgan fingerprint density at radius 3 is 2.43 bits per heavy atom. The third-order valence-electron chi connectivity index (χ3n) is 4.68. The van der Waals surface area contributed by atoms with E-state index in [1.807, 2.05) is 0 Å². The highest BCUT2D eigenvalue weighted by molar-refractivity contribution is 6.01. The quantitative estimate of drug-likeness (QED) is 0.773. The van der Waals surface area contributed by atoms with Crippen molar-refractivity contribution in [2.75, 3.05) is 5.32 Å². The second-order valence-corrected chi connectivity index (χ2v) is 6.93. The summed E-state index contributed by atoms with van der Waals surface area (Å²) >= 11 is 0. The standard InChI is InChI=1S/C17H20N2O4/c1-17(2)12(13(17)16(22)23)15(21)19-11-5-3-4-9(8-11)14(20)18-10-6-7-10/h3-5,8,10,12-13H,6-7H2,1-2H3,(H,18,20)(H,19,21)(H,22,23)/t12-,13-/m0/s1. The lowest BCUT2D eigenvalue weighted by atomic mass is 10.1. The molecule has 122 valence electrons. The Morgan fingerprint density at radius 2 is 1.87 bits per heavy atom. The number of anilines is 1. The van der Waals surface area contributed by atoms with Gasteiger partial charge in [0.05, 0.1) is 11.8 Å². The number of carboxylic acids is 1. The van der Waals surface area contributed by atoms with Crippen molar-refractivity contribution in [2.45, 2.75) is 32.7 Å². The van der Waals surface area contributed by atoms with Crippen molar-refractivity contribution >= 4 is 23.5 Å². The molecule has 2 atom stereocenters. The molecule has 1 aromatic rings. The highest BCUT2D eigenvalue weighted by Gasteiger charge is 2.65. The van der Waals surface area contributed by atoms with E-state index < -0.39 is 23.2 Å². The molecule has 3 N–H and O–H groups in total. The Kier molecular flexibility index (Phi) is 3.62. The topological polar surface area (TPSA) is 95.5 Å². The van der Waals surface area contributed by atoms with Crippen molar-refractivity contribution in [3.63, 3.8) is 0 Å². The third kappa shape index (κ3) is 3.06.